The molecule has 0 bridgehead atoms. The van der Waals surface area contributed by atoms with Crippen LogP contribution in [-0.2, 0) is 13.6 Å². The van der Waals surface area contributed by atoms with Gasteiger partial charge in [-0.15, -0.1) is 0 Å². The number of anilines is 1. The molecule has 0 unspecified atom stereocenters. The summed E-state index contributed by atoms with van der Waals surface area (Å²) in [5, 5.41) is 8.70. The number of aromatic nitrogens is 3. The molecule has 3 rings (SSSR count). The van der Waals surface area contributed by atoms with Gasteiger partial charge in [0.1, 0.15) is 11.4 Å². The number of aryl methyl sites for hydroxylation is 2. The van der Waals surface area contributed by atoms with Gasteiger partial charge >= 0.3 is 0 Å². The fourth-order valence-electron chi connectivity index (χ4n) is 2.27. The van der Waals surface area contributed by atoms with Crippen LogP contribution < -0.4 is 10.1 Å². The Hall–Kier alpha value is -2.34. The van der Waals surface area contributed by atoms with Crippen LogP contribution in [0.1, 0.15) is 11.3 Å². The number of nitrogens with zero attached hydrogens (tertiary/aromatic N) is 3. The van der Waals surface area contributed by atoms with Crippen molar-refractivity contribution in [3.8, 4) is 16.3 Å². The average Bonchev–Trinajstić information content (AvgIpc) is 3.11. The Morgan fingerprint density at radius 1 is 1.27 bits per heavy atom. The monoisotopic (exact) mass is 314 g/mol. The standard InChI is InChI=1S/C16H18N4OS/c1-11-15(13-8-9-20(2)19-13)22-16(18-11)17-10-12-6-4-5-7-14(12)21-3/h4-9H,10H2,1-3H3,(H,17,18). The van der Waals surface area contributed by atoms with Gasteiger partial charge in [-0.1, -0.05) is 29.5 Å². The molecule has 0 atom stereocenters. The summed E-state index contributed by atoms with van der Waals surface area (Å²) in [4.78, 5) is 5.68. The number of para-hydroxylation sites is 1. The average molecular weight is 314 g/mol. The maximum Gasteiger partial charge on any atom is 0.183 e. The van der Waals surface area contributed by atoms with Crippen molar-refractivity contribution in [3.05, 3.63) is 47.8 Å². The van der Waals surface area contributed by atoms with Crippen molar-refractivity contribution in [1.29, 1.82) is 0 Å². The van der Waals surface area contributed by atoms with Gasteiger partial charge in [0.2, 0.25) is 0 Å². The number of hydrogen-bond donors (Lipinski definition) is 1. The van der Waals surface area contributed by atoms with Crippen molar-refractivity contribution in [2.45, 2.75) is 13.5 Å². The highest BCUT2D eigenvalue weighted by molar-refractivity contribution is 7.19. The highest BCUT2D eigenvalue weighted by Gasteiger charge is 2.12. The summed E-state index contributed by atoms with van der Waals surface area (Å²) in [5.74, 6) is 0.883. The van der Waals surface area contributed by atoms with E-state index in [2.05, 4.69) is 15.4 Å². The molecule has 0 radical (unpaired) electrons. The Morgan fingerprint density at radius 2 is 2.09 bits per heavy atom. The Labute approximate surface area is 133 Å². The first kappa shape index (κ1) is 14.6. The minimum Gasteiger partial charge on any atom is -0.496 e. The zero-order valence-electron chi connectivity index (χ0n) is 12.8. The van der Waals surface area contributed by atoms with Crippen LogP contribution in [0.2, 0.25) is 0 Å². The highest BCUT2D eigenvalue weighted by Crippen LogP contribution is 2.32. The summed E-state index contributed by atoms with van der Waals surface area (Å²) < 4.78 is 7.17. The number of rotatable bonds is 5. The lowest BCUT2D eigenvalue weighted by Crippen LogP contribution is -2.01. The largest absolute Gasteiger partial charge is 0.496 e. The van der Waals surface area contributed by atoms with Gasteiger partial charge in [-0.25, -0.2) is 4.98 Å². The van der Waals surface area contributed by atoms with Crippen molar-refractivity contribution in [3.63, 3.8) is 0 Å². The van der Waals surface area contributed by atoms with Crippen LogP contribution in [0.15, 0.2) is 36.5 Å². The summed E-state index contributed by atoms with van der Waals surface area (Å²) in [6.45, 7) is 2.69. The second-order valence-electron chi connectivity index (χ2n) is 4.97. The third-order valence-corrected chi connectivity index (χ3v) is 4.50. The lowest BCUT2D eigenvalue weighted by molar-refractivity contribution is 0.410. The van der Waals surface area contributed by atoms with Crippen LogP contribution in [0.25, 0.3) is 10.6 Å². The lowest BCUT2D eigenvalue weighted by Gasteiger charge is -2.08. The molecule has 114 valence electrons. The van der Waals surface area contributed by atoms with E-state index in [1.807, 2.05) is 50.5 Å². The lowest BCUT2D eigenvalue weighted by atomic mass is 10.2. The molecular formula is C16H18N4OS. The van der Waals surface area contributed by atoms with E-state index in [-0.39, 0.29) is 0 Å². The van der Waals surface area contributed by atoms with Gasteiger partial charge < -0.3 is 10.1 Å². The molecule has 2 aromatic heterocycles. The maximum absolute atomic E-state index is 5.37. The van der Waals surface area contributed by atoms with Crippen LogP contribution in [0.4, 0.5) is 5.13 Å². The maximum atomic E-state index is 5.37. The van der Waals surface area contributed by atoms with Gasteiger partial charge in [-0.3, -0.25) is 4.68 Å². The molecule has 0 saturated heterocycles. The van der Waals surface area contributed by atoms with E-state index < -0.39 is 0 Å². The van der Waals surface area contributed by atoms with Crippen LogP contribution in [0, 0.1) is 6.92 Å². The summed E-state index contributed by atoms with van der Waals surface area (Å²) in [7, 11) is 3.60. The Kier molecular flexibility index (Phi) is 4.11. The first-order chi connectivity index (χ1) is 10.7. The Morgan fingerprint density at radius 3 is 2.82 bits per heavy atom. The molecule has 0 saturated carbocycles. The van der Waals surface area contributed by atoms with Gasteiger partial charge in [-0.2, -0.15) is 5.10 Å². The Balaban J connectivity index is 1.77. The third-order valence-electron chi connectivity index (χ3n) is 3.37. The van der Waals surface area contributed by atoms with Gasteiger partial charge in [0.15, 0.2) is 5.13 Å². The van der Waals surface area contributed by atoms with Crippen molar-refractivity contribution < 1.29 is 4.74 Å². The van der Waals surface area contributed by atoms with E-state index in [4.69, 9.17) is 4.74 Å². The van der Waals surface area contributed by atoms with Crippen LogP contribution in [0.3, 0.4) is 0 Å². The molecule has 0 fully saturated rings. The number of thiazole rings is 1. The first-order valence-corrected chi connectivity index (χ1v) is 7.82. The molecule has 0 amide bonds. The second kappa shape index (κ2) is 6.19. The fraction of sp³-hybridized carbons (Fsp3) is 0.250. The van der Waals surface area contributed by atoms with Gasteiger partial charge in [-0.05, 0) is 19.1 Å². The normalized spacial score (nSPS) is 10.7. The van der Waals surface area contributed by atoms with Crippen molar-refractivity contribution in [2.75, 3.05) is 12.4 Å². The highest BCUT2D eigenvalue weighted by atomic mass is 32.1. The molecule has 0 spiro atoms. The SMILES string of the molecule is COc1ccccc1CNc1nc(C)c(-c2ccn(C)n2)s1. The van der Waals surface area contributed by atoms with E-state index in [1.54, 1.807) is 23.1 Å². The number of benzene rings is 1. The van der Waals surface area contributed by atoms with Crippen LogP contribution >= 0.6 is 11.3 Å². The number of nitrogens with one attached hydrogen (secondary N) is 1. The van der Waals surface area contributed by atoms with Gasteiger partial charge in [0.05, 0.1) is 17.7 Å². The minimum absolute atomic E-state index is 0.679. The minimum atomic E-state index is 0.679. The van der Waals surface area contributed by atoms with Crippen molar-refractivity contribution in [1.82, 2.24) is 14.8 Å². The third kappa shape index (κ3) is 2.96. The zero-order valence-corrected chi connectivity index (χ0v) is 13.6. The topological polar surface area (TPSA) is 52.0 Å². The molecular weight excluding hydrogens is 296 g/mol. The van der Waals surface area contributed by atoms with Crippen LogP contribution in [0.5, 0.6) is 5.75 Å². The molecule has 0 aliphatic carbocycles. The van der Waals surface area contributed by atoms with E-state index >= 15 is 0 Å². The van der Waals surface area contributed by atoms with E-state index in [0.29, 0.717) is 6.54 Å². The van der Waals surface area contributed by atoms with E-state index in [0.717, 1.165) is 32.7 Å². The second-order valence-corrected chi connectivity index (χ2v) is 5.97. The number of ether oxygens (including phenoxy) is 1. The predicted octanol–water partition coefficient (Wildman–Crippen LogP) is 3.47. The number of methoxy groups -OCH3 is 1. The first-order valence-electron chi connectivity index (χ1n) is 7.00. The van der Waals surface area contributed by atoms with Gasteiger partial charge in [0.25, 0.3) is 0 Å². The predicted molar refractivity (Wildman–Crippen MR) is 89.4 cm³/mol. The molecule has 0 aliphatic heterocycles. The molecule has 22 heavy (non-hydrogen) atoms. The molecule has 1 N–H and O–H groups in total. The Bertz CT molecular complexity index is 778. The molecule has 6 heteroatoms. The molecule has 3 aromatic rings. The van der Waals surface area contributed by atoms with Gasteiger partial charge in [0, 0.05) is 25.4 Å². The summed E-state index contributed by atoms with van der Waals surface area (Å²) in [5.41, 5.74) is 3.06. The van der Waals surface area contributed by atoms with E-state index in [9.17, 15) is 0 Å². The summed E-state index contributed by atoms with van der Waals surface area (Å²) >= 11 is 1.62. The van der Waals surface area contributed by atoms with Crippen LogP contribution in [-0.4, -0.2) is 21.9 Å². The van der Waals surface area contributed by atoms with E-state index in [1.165, 1.54) is 0 Å². The molecule has 1 aromatic carbocycles. The quantitative estimate of drug-likeness (QED) is 0.783. The summed E-state index contributed by atoms with van der Waals surface area (Å²) in [6, 6.07) is 9.99. The molecule has 0 aliphatic rings. The van der Waals surface area contributed by atoms with Crippen molar-refractivity contribution in [2.24, 2.45) is 7.05 Å². The summed E-state index contributed by atoms with van der Waals surface area (Å²) in [6.07, 6.45) is 1.94. The molecule has 2 heterocycles. The smallest absolute Gasteiger partial charge is 0.183 e. The number of hydrogen-bond acceptors (Lipinski definition) is 5. The van der Waals surface area contributed by atoms with Crippen molar-refractivity contribution >= 4 is 16.5 Å². The molecule has 5 nitrogen and oxygen atoms in total. The zero-order chi connectivity index (χ0) is 15.5. The fourth-order valence-corrected chi connectivity index (χ4v) is 3.19.